The first-order valence-electron chi connectivity index (χ1n) is 5.82. The highest BCUT2D eigenvalue weighted by Gasteiger charge is 2.37. The van der Waals surface area contributed by atoms with Crippen LogP contribution in [0.1, 0.15) is 6.92 Å². The van der Waals surface area contributed by atoms with E-state index in [1.54, 1.807) is 24.3 Å². The van der Waals surface area contributed by atoms with E-state index in [1.807, 2.05) is 13.0 Å². The lowest BCUT2D eigenvalue weighted by Gasteiger charge is -2.15. The summed E-state index contributed by atoms with van der Waals surface area (Å²) in [5, 5.41) is 8.99. The number of aliphatic carboxylic acids is 1. The second-order valence-electron chi connectivity index (χ2n) is 4.51. The molecule has 1 heterocycles. The number of carboxylic acids is 1. The maximum absolute atomic E-state index is 11.8. The number of ether oxygens (including phenoxy) is 1. The Kier molecular flexibility index (Phi) is 3.50. The minimum Gasteiger partial charge on any atom is -0.481 e. The number of para-hydroxylation sites is 1. The molecule has 1 aromatic carbocycles. The zero-order chi connectivity index (χ0) is 13.1. The number of rotatable bonds is 2. The van der Waals surface area contributed by atoms with E-state index in [0.717, 1.165) is 0 Å². The van der Waals surface area contributed by atoms with Gasteiger partial charge in [-0.3, -0.25) is 4.79 Å². The lowest BCUT2D eigenvalue weighted by molar-refractivity contribution is -0.142. The third-order valence-corrected chi connectivity index (χ3v) is 3.14. The van der Waals surface area contributed by atoms with Gasteiger partial charge in [0.15, 0.2) is 0 Å². The minimum atomic E-state index is -0.863. The van der Waals surface area contributed by atoms with Gasteiger partial charge in [0.1, 0.15) is 5.75 Å². The number of carbonyl (C=O) groups is 2. The molecule has 1 aliphatic heterocycles. The summed E-state index contributed by atoms with van der Waals surface area (Å²) < 4.78 is 5.17. The van der Waals surface area contributed by atoms with E-state index in [0.29, 0.717) is 12.3 Å². The van der Waals surface area contributed by atoms with E-state index in [2.05, 4.69) is 0 Å². The Labute approximate surface area is 105 Å². The summed E-state index contributed by atoms with van der Waals surface area (Å²) in [5.41, 5.74) is 0. The molecule has 2 rings (SSSR count). The fraction of sp³-hybridized carbons (Fsp3) is 0.385. The molecule has 2 atom stereocenters. The van der Waals surface area contributed by atoms with Crippen LogP contribution in [0.25, 0.3) is 0 Å². The molecule has 1 fully saturated rings. The third kappa shape index (κ3) is 2.61. The number of amides is 1. The number of nitrogens with zero attached hydrogens (tertiary/aromatic N) is 1. The maximum atomic E-state index is 11.8. The van der Waals surface area contributed by atoms with Crippen molar-refractivity contribution in [3.63, 3.8) is 0 Å². The van der Waals surface area contributed by atoms with E-state index in [4.69, 9.17) is 9.84 Å². The Hall–Kier alpha value is -2.04. The molecule has 0 unspecified atom stereocenters. The highest BCUT2D eigenvalue weighted by molar-refractivity contribution is 5.75. The van der Waals surface area contributed by atoms with E-state index < -0.39 is 18.0 Å². The number of hydrogen-bond acceptors (Lipinski definition) is 3. The highest BCUT2D eigenvalue weighted by Crippen LogP contribution is 2.24. The van der Waals surface area contributed by atoms with E-state index in [1.165, 1.54) is 4.90 Å². The van der Waals surface area contributed by atoms with Gasteiger partial charge in [0.2, 0.25) is 0 Å². The molecule has 0 saturated carbocycles. The second kappa shape index (κ2) is 5.08. The summed E-state index contributed by atoms with van der Waals surface area (Å²) in [7, 11) is 0. The zero-order valence-corrected chi connectivity index (χ0v) is 10.1. The average molecular weight is 249 g/mol. The van der Waals surface area contributed by atoms with Gasteiger partial charge in [-0.15, -0.1) is 0 Å². The van der Waals surface area contributed by atoms with Crippen LogP contribution in [0.4, 0.5) is 4.79 Å². The predicted octanol–water partition coefficient (Wildman–Crippen LogP) is 1.84. The fourth-order valence-electron chi connectivity index (χ4n) is 2.09. The van der Waals surface area contributed by atoms with Gasteiger partial charge in [-0.1, -0.05) is 25.1 Å². The van der Waals surface area contributed by atoms with Crippen LogP contribution in [0.3, 0.4) is 0 Å². The molecule has 0 radical (unpaired) electrons. The molecular weight excluding hydrogens is 234 g/mol. The van der Waals surface area contributed by atoms with E-state index in [9.17, 15) is 9.59 Å². The quantitative estimate of drug-likeness (QED) is 0.868. The van der Waals surface area contributed by atoms with Gasteiger partial charge in [-0.25, -0.2) is 4.79 Å². The summed E-state index contributed by atoms with van der Waals surface area (Å²) >= 11 is 0. The summed E-state index contributed by atoms with van der Waals surface area (Å²) in [4.78, 5) is 24.2. The molecule has 0 aromatic heterocycles. The first kappa shape index (κ1) is 12.4. The molecule has 18 heavy (non-hydrogen) atoms. The van der Waals surface area contributed by atoms with Gasteiger partial charge in [-0.2, -0.15) is 0 Å². The molecule has 0 spiro atoms. The number of benzene rings is 1. The van der Waals surface area contributed by atoms with Crippen molar-refractivity contribution in [1.82, 2.24) is 4.90 Å². The molecule has 1 N–H and O–H groups in total. The Bertz CT molecular complexity index is 446. The van der Waals surface area contributed by atoms with Crippen LogP contribution >= 0.6 is 0 Å². The highest BCUT2D eigenvalue weighted by atomic mass is 16.6. The van der Waals surface area contributed by atoms with Crippen LogP contribution in [-0.2, 0) is 4.79 Å². The number of carbonyl (C=O) groups excluding carboxylic acids is 1. The van der Waals surface area contributed by atoms with Crippen LogP contribution in [0.5, 0.6) is 5.75 Å². The lowest BCUT2D eigenvalue weighted by Crippen LogP contribution is -2.32. The molecule has 5 heteroatoms. The van der Waals surface area contributed by atoms with Crippen LogP contribution in [-0.4, -0.2) is 35.2 Å². The smallest absolute Gasteiger partial charge is 0.415 e. The van der Waals surface area contributed by atoms with Crippen LogP contribution in [0, 0.1) is 11.8 Å². The molecule has 1 saturated heterocycles. The topological polar surface area (TPSA) is 66.8 Å². The zero-order valence-electron chi connectivity index (χ0n) is 10.1. The van der Waals surface area contributed by atoms with Crippen LogP contribution in [0.2, 0.25) is 0 Å². The molecule has 96 valence electrons. The summed E-state index contributed by atoms with van der Waals surface area (Å²) in [5.74, 6) is -0.953. The normalized spacial score (nSPS) is 22.8. The SMILES string of the molecule is C[C@@H]1CN(C(=O)Oc2ccccc2)C[C@H]1C(=O)O. The third-order valence-electron chi connectivity index (χ3n) is 3.14. The second-order valence-corrected chi connectivity index (χ2v) is 4.51. The van der Waals surface area contributed by atoms with Gasteiger partial charge in [0.25, 0.3) is 0 Å². The molecule has 1 aromatic rings. The molecule has 1 aliphatic rings. The van der Waals surface area contributed by atoms with Gasteiger partial charge in [-0.05, 0) is 18.1 Å². The number of carboxylic acid groups (broad SMARTS) is 1. The molecule has 1 amide bonds. The molecule has 5 nitrogen and oxygen atoms in total. The van der Waals surface area contributed by atoms with Gasteiger partial charge >= 0.3 is 12.1 Å². The van der Waals surface area contributed by atoms with Crippen LogP contribution in [0.15, 0.2) is 30.3 Å². The average Bonchev–Trinajstić information content (AvgIpc) is 2.73. The Morgan fingerprint density at radius 2 is 1.94 bits per heavy atom. The molecule has 0 aliphatic carbocycles. The Morgan fingerprint density at radius 1 is 1.28 bits per heavy atom. The monoisotopic (exact) mass is 249 g/mol. The minimum absolute atomic E-state index is 0.0502. The van der Waals surface area contributed by atoms with Gasteiger partial charge in [0, 0.05) is 13.1 Å². The maximum Gasteiger partial charge on any atom is 0.415 e. The van der Waals surface area contributed by atoms with E-state index in [-0.39, 0.29) is 12.5 Å². The van der Waals surface area contributed by atoms with Crippen molar-refractivity contribution in [2.75, 3.05) is 13.1 Å². The van der Waals surface area contributed by atoms with Crippen molar-refractivity contribution in [2.45, 2.75) is 6.92 Å². The Morgan fingerprint density at radius 3 is 2.50 bits per heavy atom. The number of likely N-dealkylation sites (tertiary alicyclic amines) is 1. The van der Waals surface area contributed by atoms with Gasteiger partial charge < -0.3 is 14.7 Å². The van der Waals surface area contributed by atoms with Gasteiger partial charge in [0.05, 0.1) is 5.92 Å². The Balaban J connectivity index is 1.97. The molecule has 0 bridgehead atoms. The summed E-state index contributed by atoms with van der Waals surface area (Å²) in [6.07, 6.45) is -0.489. The van der Waals surface area contributed by atoms with Crippen molar-refractivity contribution in [2.24, 2.45) is 11.8 Å². The van der Waals surface area contributed by atoms with Crippen LogP contribution < -0.4 is 4.74 Å². The first-order valence-corrected chi connectivity index (χ1v) is 5.82. The van der Waals surface area contributed by atoms with Crippen molar-refractivity contribution >= 4 is 12.1 Å². The largest absolute Gasteiger partial charge is 0.481 e. The number of hydrogen-bond donors (Lipinski definition) is 1. The first-order chi connectivity index (χ1) is 8.58. The van der Waals surface area contributed by atoms with Crippen molar-refractivity contribution < 1.29 is 19.4 Å². The molecular formula is C13H15NO4. The van der Waals surface area contributed by atoms with Crippen molar-refractivity contribution in [3.8, 4) is 5.75 Å². The fourth-order valence-corrected chi connectivity index (χ4v) is 2.09. The summed E-state index contributed by atoms with van der Waals surface area (Å²) in [6.45, 7) is 2.46. The standard InChI is InChI=1S/C13H15NO4/c1-9-7-14(8-11(9)12(15)16)13(17)18-10-5-3-2-4-6-10/h2-6,9,11H,7-8H2,1H3,(H,15,16)/t9-,11-/m1/s1. The van der Waals surface area contributed by atoms with E-state index >= 15 is 0 Å². The van der Waals surface area contributed by atoms with Crippen molar-refractivity contribution in [3.05, 3.63) is 30.3 Å². The summed E-state index contributed by atoms with van der Waals surface area (Å²) in [6, 6.07) is 8.75. The predicted molar refractivity (Wildman–Crippen MR) is 64.3 cm³/mol. The lowest BCUT2D eigenvalue weighted by atomic mass is 9.99. The van der Waals surface area contributed by atoms with Crippen molar-refractivity contribution in [1.29, 1.82) is 0 Å².